The van der Waals surface area contributed by atoms with E-state index in [1.807, 2.05) is 12.1 Å². The number of imidazole rings is 1. The quantitative estimate of drug-likeness (QED) is 0.878. The summed E-state index contributed by atoms with van der Waals surface area (Å²) in [6.07, 6.45) is 2.61. The molecule has 0 unspecified atom stereocenters. The Morgan fingerprint density at radius 3 is 2.41 bits per heavy atom. The lowest BCUT2D eigenvalue weighted by Gasteiger charge is -2.16. The van der Waals surface area contributed by atoms with Gasteiger partial charge in [0.1, 0.15) is 5.82 Å². The summed E-state index contributed by atoms with van der Waals surface area (Å²) in [5.41, 5.74) is 7.84. The predicted molar refractivity (Wildman–Crippen MR) is 86.4 cm³/mol. The first-order valence-electron chi connectivity index (χ1n) is 7.80. The van der Waals surface area contributed by atoms with Crippen LogP contribution in [0.4, 0.5) is 0 Å². The van der Waals surface area contributed by atoms with E-state index >= 15 is 0 Å². The highest BCUT2D eigenvalue weighted by molar-refractivity contribution is 5.80. The monoisotopic (exact) mass is 304 g/mol. The van der Waals surface area contributed by atoms with E-state index in [1.165, 1.54) is 25.9 Å². The third kappa shape index (κ3) is 2.76. The molecule has 1 aromatic carbocycles. The Kier molecular flexibility index (Phi) is 4.49. The van der Waals surface area contributed by atoms with E-state index in [0.29, 0.717) is 12.3 Å². The highest BCUT2D eigenvalue weighted by Crippen LogP contribution is 2.32. The fourth-order valence-electron chi connectivity index (χ4n) is 3.15. The number of aromatic nitrogens is 2. The van der Waals surface area contributed by atoms with Gasteiger partial charge < -0.3 is 24.7 Å². The summed E-state index contributed by atoms with van der Waals surface area (Å²) in [6, 6.07) is 3.91. The van der Waals surface area contributed by atoms with Gasteiger partial charge in [0.15, 0.2) is 11.5 Å². The summed E-state index contributed by atoms with van der Waals surface area (Å²) >= 11 is 0. The van der Waals surface area contributed by atoms with Gasteiger partial charge >= 0.3 is 0 Å². The van der Waals surface area contributed by atoms with Crippen molar-refractivity contribution in [1.82, 2.24) is 14.5 Å². The van der Waals surface area contributed by atoms with Crippen molar-refractivity contribution in [3.63, 3.8) is 0 Å². The third-order valence-corrected chi connectivity index (χ3v) is 4.35. The normalized spacial score (nSPS) is 15.6. The summed E-state index contributed by atoms with van der Waals surface area (Å²) in [4.78, 5) is 7.14. The van der Waals surface area contributed by atoms with E-state index in [0.717, 1.165) is 35.7 Å². The lowest BCUT2D eigenvalue weighted by Crippen LogP contribution is -2.25. The molecule has 1 saturated heterocycles. The number of likely N-dealkylation sites (tertiary alicyclic amines) is 1. The number of rotatable bonds is 6. The van der Waals surface area contributed by atoms with Crippen molar-refractivity contribution in [1.29, 1.82) is 0 Å². The summed E-state index contributed by atoms with van der Waals surface area (Å²) in [6.45, 7) is 4.76. The molecule has 2 heterocycles. The van der Waals surface area contributed by atoms with Crippen LogP contribution in [0.5, 0.6) is 11.5 Å². The van der Waals surface area contributed by atoms with Crippen molar-refractivity contribution < 1.29 is 9.47 Å². The second-order valence-electron chi connectivity index (χ2n) is 5.63. The van der Waals surface area contributed by atoms with Crippen LogP contribution >= 0.6 is 0 Å². The number of fused-ring (bicyclic) bond motifs is 1. The molecule has 0 spiro atoms. The molecule has 2 aromatic rings. The lowest BCUT2D eigenvalue weighted by molar-refractivity contribution is 0.322. The predicted octanol–water partition coefficient (Wildman–Crippen LogP) is 1.61. The maximum absolute atomic E-state index is 5.88. The van der Waals surface area contributed by atoms with Gasteiger partial charge in [-0.2, -0.15) is 0 Å². The van der Waals surface area contributed by atoms with Crippen LogP contribution in [0.15, 0.2) is 12.1 Å². The van der Waals surface area contributed by atoms with E-state index < -0.39 is 0 Å². The molecular formula is C16H24N4O2. The van der Waals surface area contributed by atoms with Crippen molar-refractivity contribution in [3.05, 3.63) is 18.0 Å². The molecule has 0 saturated carbocycles. The number of ether oxygens (including phenoxy) is 2. The minimum Gasteiger partial charge on any atom is -0.493 e. The third-order valence-electron chi connectivity index (χ3n) is 4.35. The van der Waals surface area contributed by atoms with Crippen LogP contribution in [-0.4, -0.2) is 48.3 Å². The van der Waals surface area contributed by atoms with E-state index in [-0.39, 0.29) is 0 Å². The maximum atomic E-state index is 5.88. The van der Waals surface area contributed by atoms with Gasteiger partial charge in [-0.15, -0.1) is 0 Å². The van der Waals surface area contributed by atoms with Crippen LogP contribution in [0.25, 0.3) is 11.0 Å². The zero-order valence-corrected chi connectivity index (χ0v) is 13.3. The highest BCUT2D eigenvalue weighted by Gasteiger charge is 2.16. The van der Waals surface area contributed by atoms with Crippen LogP contribution in [0, 0.1) is 0 Å². The van der Waals surface area contributed by atoms with Gasteiger partial charge in [0.25, 0.3) is 0 Å². The topological polar surface area (TPSA) is 65.5 Å². The zero-order chi connectivity index (χ0) is 15.5. The van der Waals surface area contributed by atoms with Crippen LogP contribution in [0.1, 0.15) is 18.7 Å². The van der Waals surface area contributed by atoms with Gasteiger partial charge in [0.2, 0.25) is 0 Å². The molecule has 0 atom stereocenters. The second kappa shape index (κ2) is 6.54. The van der Waals surface area contributed by atoms with Crippen LogP contribution in [0.3, 0.4) is 0 Å². The molecular weight excluding hydrogens is 280 g/mol. The van der Waals surface area contributed by atoms with Crippen LogP contribution in [0.2, 0.25) is 0 Å². The number of benzene rings is 1. The Balaban J connectivity index is 1.95. The molecule has 120 valence electrons. The van der Waals surface area contributed by atoms with Gasteiger partial charge in [0, 0.05) is 25.2 Å². The first kappa shape index (κ1) is 15.1. The van der Waals surface area contributed by atoms with Crippen molar-refractivity contribution in [3.8, 4) is 11.5 Å². The van der Waals surface area contributed by atoms with Crippen molar-refractivity contribution in [2.24, 2.45) is 5.73 Å². The Bertz CT molecular complexity index is 647. The van der Waals surface area contributed by atoms with Gasteiger partial charge in [0.05, 0.1) is 31.8 Å². The molecule has 1 aromatic heterocycles. The SMILES string of the molecule is COc1cc2nc(CN)n(CCN3CCCC3)c2cc1OC. The fraction of sp³-hybridized carbons (Fsp3) is 0.562. The molecule has 3 rings (SSSR count). The number of nitrogens with zero attached hydrogens (tertiary/aromatic N) is 3. The minimum atomic E-state index is 0.430. The van der Waals surface area contributed by atoms with E-state index in [2.05, 4.69) is 14.5 Å². The Morgan fingerprint density at radius 1 is 1.09 bits per heavy atom. The highest BCUT2D eigenvalue weighted by atomic mass is 16.5. The molecule has 6 nitrogen and oxygen atoms in total. The molecule has 0 aliphatic carbocycles. The molecule has 1 aliphatic rings. The van der Waals surface area contributed by atoms with Crippen molar-refractivity contribution in [2.45, 2.75) is 25.9 Å². The number of nitrogens with two attached hydrogens (primary N) is 1. The van der Waals surface area contributed by atoms with Gasteiger partial charge in [-0.1, -0.05) is 0 Å². The van der Waals surface area contributed by atoms with E-state index in [9.17, 15) is 0 Å². The van der Waals surface area contributed by atoms with Crippen LogP contribution < -0.4 is 15.2 Å². The summed E-state index contributed by atoms with van der Waals surface area (Å²) < 4.78 is 13.0. The first-order chi connectivity index (χ1) is 10.8. The van der Waals surface area contributed by atoms with Gasteiger partial charge in [-0.3, -0.25) is 0 Å². The van der Waals surface area contributed by atoms with E-state index in [1.54, 1.807) is 14.2 Å². The standard InChI is InChI=1S/C16H24N4O2/c1-21-14-9-12-13(10-15(14)22-2)20(16(11-17)18-12)8-7-19-5-3-4-6-19/h9-10H,3-8,11,17H2,1-2H3. The Hall–Kier alpha value is -1.79. The summed E-state index contributed by atoms with van der Waals surface area (Å²) in [5.74, 6) is 2.33. The fourth-order valence-corrected chi connectivity index (χ4v) is 3.15. The molecule has 1 fully saturated rings. The number of methoxy groups -OCH3 is 2. The van der Waals surface area contributed by atoms with E-state index in [4.69, 9.17) is 15.2 Å². The van der Waals surface area contributed by atoms with Gasteiger partial charge in [-0.25, -0.2) is 4.98 Å². The summed E-state index contributed by atoms with van der Waals surface area (Å²) in [5, 5.41) is 0. The van der Waals surface area contributed by atoms with Gasteiger partial charge in [-0.05, 0) is 25.9 Å². The maximum Gasteiger partial charge on any atom is 0.163 e. The minimum absolute atomic E-state index is 0.430. The second-order valence-corrected chi connectivity index (χ2v) is 5.63. The molecule has 0 radical (unpaired) electrons. The molecule has 22 heavy (non-hydrogen) atoms. The van der Waals surface area contributed by atoms with Crippen molar-refractivity contribution >= 4 is 11.0 Å². The Morgan fingerprint density at radius 2 is 1.77 bits per heavy atom. The smallest absolute Gasteiger partial charge is 0.163 e. The number of hydrogen-bond donors (Lipinski definition) is 1. The summed E-state index contributed by atoms with van der Waals surface area (Å²) in [7, 11) is 3.29. The molecule has 0 amide bonds. The van der Waals surface area contributed by atoms with Crippen molar-refractivity contribution in [2.75, 3.05) is 33.9 Å². The first-order valence-corrected chi connectivity index (χ1v) is 7.80. The molecule has 1 aliphatic heterocycles. The molecule has 0 bridgehead atoms. The average molecular weight is 304 g/mol. The molecule has 2 N–H and O–H groups in total. The number of hydrogen-bond acceptors (Lipinski definition) is 5. The Labute approximate surface area is 130 Å². The lowest BCUT2D eigenvalue weighted by atomic mass is 10.2. The zero-order valence-electron chi connectivity index (χ0n) is 13.3. The molecule has 6 heteroatoms. The van der Waals surface area contributed by atoms with Crippen LogP contribution in [-0.2, 0) is 13.1 Å². The average Bonchev–Trinajstić information content (AvgIpc) is 3.18. The largest absolute Gasteiger partial charge is 0.493 e.